The Labute approximate surface area is 103 Å². The van der Waals surface area contributed by atoms with Crippen LogP contribution in [0, 0.1) is 19.8 Å². The molecule has 3 nitrogen and oxygen atoms in total. The van der Waals surface area contributed by atoms with Gasteiger partial charge in [0.05, 0.1) is 11.4 Å². The molecule has 3 saturated heterocycles. The molecule has 3 heteroatoms. The second-order valence-electron chi connectivity index (χ2n) is 5.47. The van der Waals surface area contributed by atoms with Gasteiger partial charge in [-0.15, -0.1) is 0 Å². The summed E-state index contributed by atoms with van der Waals surface area (Å²) in [6.07, 6.45) is 2.71. The lowest BCUT2D eigenvalue weighted by Crippen LogP contribution is -2.53. The minimum Gasteiger partial charge on any atom is -0.379 e. The van der Waals surface area contributed by atoms with Gasteiger partial charge in [-0.1, -0.05) is 0 Å². The zero-order valence-corrected chi connectivity index (χ0v) is 10.7. The van der Waals surface area contributed by atoms with Crippen LogP contribution in [-0.4, -0.2) is 35.6 Å². The van der Waals surface area contributed by atoms with E-state index in [1.807, 2.05) is 6.92 Å². The topological polar surface area (TPSA) is 28.2 Å². The molecule has 4 heterocycles. The highest BCUT2D eigenvalue weighted by atomic mass is 15.2. The predicted molar refractivity (Wildman–Crippen MR) is 70.3 cm³/mol. The van der Waals surface area contributed by atoms with Crippen LogP contribution >= 0.6 is 0 Å². The number of pyridine rings is 1. The van der Waals surface area contributed by atoms with Gasteiger partial charge in [0.15, 0.2) is 0 Å². The Bertz CT molecular complexity index is 408. The van der Waals surface area contributed by atoms with Crippen molar-refractivity contribution in [3.05, 3.63) is 23.5 Å². The van der Waals surface area contributed by atoms with Gasteiger partial charge in [0.1, 0.15) is 0 Å². The fourth-order valence-corrected chi connectivity index (χ4v) is 3.17. The molecule has 3 fully saturated rings. The second-order valence-corrected chi connectivity index (χ2v) is 5.47. The summed E-state index contributed by atoms with van der Waals surface area (Å²) in [5, 5.41) is 3.70. The molecule has 1 unspecified atom stereocenters. The quantitative estimate of drug-likeness (QED) is 0.846. The van der Waals surface area contributed by atoms with Crippen LogP contribution in [0.2, 0.25) is 0 Å². The zero-order chi connectivity index (χ0) is 11.8. The van der Waals surface area contributed by atoms with E-state index in [0.717, 1.165) is 17.3 Å². The largest absolute Gasteiger partial charge is 0.379 e. The van der Waals surface area contributed by atoms with Gasteiger partial charge < -0.3 is 10.2 Å². The monoisotopic (exact) mass is 231 g/mol. The van der Waals surface area contributed by atoms with Crippen molar-refractivity contribution in [1.29, 1.82) is 0 Å². The van der Waals surface area contributed by atoms with E-state index >= 15 is 0 Å². The summed E-state index contributed by atoms with van der Waals surface area (Å²) in [6, 6.07) is 4.90. The normalized spacial score (nSPS) is 31.5. The van der Waals surface area contributed by atoms with Crippen LogP contribution in [-0.2, 0) is 0 Å². The molecule has 0 aliphatic carbocycles. The lowest BCUT2D eigenvalue weighted by molar-refractivity contribution is 0.0975. The number of fused-ring (bicyclic) bond motifs is 3. The number of anilines is 1. The van der Waals surface area contributed by atoms with Gasteiger partial charge in [-0.3, -0.25) is 4.98 Å². The van der Waals surface area contributed by atoms with E-state index < -0.39 is 0 Å². The smallest absolute Gasteiger partial charge is 0.0606 e. The predicted octanol–water partition coefficient (Wildman–Crippen LogP) is 2.20. The van der Waals surface area contributed by atoms with Gasteiger partial charge >= 0.3 is 0 Å². The van der Waals surface area contributed by atoms with Gasteiger partial charge in [0.2, 0.25) is 0 Å². The van der Waals surface area contributed by atoms with E-state index in [9.17, 15) is 0 Å². The number of aryl methyl sites for hydroxylation is 2. The van der Waals surface area contributed by atoms with Crippen molar-refractivity contribution < 1.29 is 0 Å². The number of hydrogen-bond donors (Lipinski definition) is 1. The molecule has 4 rings (SSSR count). The highest BCUT2D eigenvalue weighted by molar-refractivity contribution is 5.48. The van der Waals surface area contributed by atoms with Crippen LogP contribution in [0.15, 0.2) is 12.1 Å². The molecule has 0 aromatic carbocycles. The minimum absolute atomic E-state index is 0.626. The van der Waals surface area contributed by atoms with Crippen molar-refractivity contribution in [2.75, 3.05) is 25.0 Å². The first kappa shape index (κ1) is 11.0. The molecule has 1 aromatic heterocycles. The van der Waals surface area contributed by atoms with Crippen LogP contribution in [0.5, 0.6) is 0 Å². The fourth-order valence-electron chi connectivity index (χ4n) is 3.17. The zero-order valence-electron chi connectivity index (χ0n) is 10.7. The van der Waals surface area contributed by atoms with E-state index in [-0.39, 0.29) is 0 Å². The summed E-state index contributed by atoms with van der Waals surface area (Å²) < 4.78 is 0. The van der Waals surface area contributed by atoms with Gasteiger partial charge in [-0.05, 0) is 57.8 Å². The molecule has 2 bridgehead atoms. The van der Waals surface area contributed by atoms with Crippen molar-refractivity contribution in [2.45, 2.75) is 32.7 Å². The summed E-state index contributed by atoms with van der Waals surface area (Å²) >= 11 is 0. The molecule has 0 saturated carbocycles. The van der Waals surface area contributed by atoms with Crippen LogP contribution in [0.25, 0.3) is 0 Å². The van der Waals surface area contributed by atoms with Crippen molar-refractivity contribution in [1.82, 2.24) is 9.88 Å². The van der Waals surface area contributed by atoms with E-state index in [0.29, 0.717) is 6.04 Å². The first-order valence-electron chi connectivity index (χ1n) is 6.65. The molecule has 1 atom stereocenters. The molecular weight excluding hydrogens is 210 g/mol. The number of piperidine rings is 3. The average molecular weight is 231 g/mol. The van der Waals surface area contributed by atoms with Crippen LogP contribution in [0.3, 0.4) is 0 Å². The van der Waals surface area contributed by atoms with E-state index in [1.54, 1.807) is 0 Å². The summed E-state index contributed by atoms with van der Waals surface area (Å²) in [5.74, 6) is 0.862. The summed E-state index contributed by atoms with van der Waals surface area (Å²) in [4.78, 5) is 7.10. The number of hydrogen-bond acceptors (Lipinski definition) is 3. The van der Waals surface area contributed by atoms with Crippen molar-refractivity contribution in [3.8, 4) is 0 Å². The van der Waals surface area contributed by atoms with Gasteiger partial charge in [-0.2, -0.15) is 0 Å². The fraction of sp³-hybridized carbons (Fsp3) is 0.643. The van der Waals surface area contributed by atoms with E-state index in [1.165, 1.54) is 38.2 Å². The minimum atomic E-state index is 0.626. The Morgan fingerprint density at radius 1 is 1.24 bits per heavy atom. The average Bonchev–Trinajstić information content (AvgIpc) is 2.34. The van der Waals surface area contributed by atoms with Crippen LogP contribution < -0.4 is 5.32 Å². The van der Waals surface area contributed by atoms with Crippen molar-refractivity contribution in [3.63, 3.8) is 0 Å². The first-order valence-corrected chi connectivity index (χ1v) is 6.65. The molecule has 1 N–H and O–H groups in total. The third-order valence-electron chi connectivity index (χ3n) is 4.22. The van der Waals surface area contributed by atoms with Crippen molar-refractivity contribution in [2.24, 2.45) is 5.92 Å². The Morgan fingerprint density at radius 3 is 2.59 bits per heavy atom. The highest BCUT2D eigenvalue weighted by Crippen LogP contribution is 2.30. The van der Waals surface area contributed by atoms with Gasteiger partial charge in [0.25, 0.3) is 0 Å². The molecule has 0 amide bonds. The number of nitrogens with one attached hydrogen (secondary N) is 1. The molecule has 3 aliphatic rings. The SMILES string of the molecule is Cc1ccc(NC2CN3CCC2CC3)c(C)n1. The molecule has 0 spiro atoms. The molecule has 92 valence electrons. The second kappa shape index (κ2) is 4.30. The number of nitrogens with zero attached hydrogens (tertiary/aromatic N) is 2. The molecule has 17 heavy (non-hydrogen) atoms. The maximum Gasteiger partial charge on any atom is 0.0606 e. The lowest BCUT2D eigenvalue weighted by Gasteiger charge is -2.45. The maximum absolute atomic E-state index is 4.53. The van der Waals surface area contributed by atoms with Crippen molar-refractivity contribution >= 4 is 5.69 Å². The van der Waals surface area contributed by atoms with E-state index in [2.05, 4.69) is 34.3 Å². The van der Waals surface area contributed by atoms with Crippen LogP contribution in [0.4, 0.5) is 5.69 Å². The Hall–Kier alpha value is -1.09. The standard InChI is InChI=1S/C14H21N3/c1-10-3-4-13(11(2)15-10)16-14-9-17-7-5-12(14)6-8-17/h3-4,12,14,16H,5-9H2,1-2H3. The third-order valence-corrected chi connectivity index (χ3v) is 4.22. The molecule has 0 radical (unpaired) electrons. The third kappa shape index (κ3) is 2.16. The number of rotatable bonds is 2. The van der Waals surface area contributed by atoms with E-state index in [4.69, 9.17) is 0 Å². The Morgan fingerprint density at radius 2 is 2.00 bits per heavy atom. The first-order chi connectivity index (χ1) is 8.22. The highest BCUT2D eigenvalue weighted by Gasteiger charge is 2.34. The summed E-state index contributed by atoms with van der Waals surface area (Å²) in [7, 11) is 0. The summed E-state index contributed by atoms with van der Waals surface area (Å²) in [5.41, 5.74) is 3.44. The molecule has 3 aliphatic heterocycles. The molecule has 1 aromatic rings. The maximum atomic E-state index is 4.53. The lowest BCUT2D eigenvalue weighted by atomic mass is 9.84. The number of aromatic nitrogens is 1. The van der Waals surface area contributed by atoms with Crippen LogP contribution in [0.1, 0.15) is 24.2 Å². The van der Waals surface area contributed by atoms with Gasteiger partial charge in [-0.25, -0.2) is 0 Å². The van der Waals surface area contributed by atoms with Gasteiger partial charge in [0, 0.05) is 18.3 Å². The molecular formula is C14H21N3. The summed E-state index contributed by atoms with van der Waals surface area (Å²) in [6.45, 7) is 7.95. The Kier molecular flexibility index (Phi) is 2.79. The Balaban J connectivity index is 1.74.